The molecule has 0 saturated carbocycles. The van der Waals surface area contributed by atoms with Crippen LogP contribution in [-0.4, -0.2) is 0 Å². The Kier molecular flexibility index (Phi) is 8.54. The number of benzene rings is 10. The van der Waals surface area contributed by atoms with Gasteiger partial charge in [-0.15, -0.1) is 11.3 Å². The van der Waals surface area contributed by atoms with Gasteiger partial charge in [0.05, 0.1) is 17.1 Å². The molecule has 0 fully saturated rings. The van der Waals surface area contributed by atoms with Crippen molar-refractivity contribution in [3.8, 4) is 55.6 Å². The van der Waals surface area contributed by atoms with E-state index in [1.54, 1.807) is 0 Å². The highest BCUT2D eigenvalue weighted by Gasteiger charge is 2.39. The summed E-state index contributed by atoms with van der Waals surface area (Å²) in [4.78, 5) is 2.57. The molecule has 0 saturated heterocycles. The van der Waals surface area contributed by atoms with Crippen LogP contribution < -0.4 is 4.90 Å². The molecule has 0 N–H and O–H groups in total. The molecule has 10 aromatic carbocycles. The fraction of sp³-hybridized carbons (Fsp3) is 0.0938. The summed E-state index contributed by atoms with van der Waals surface area (Å²) < 4.78 is 2.63. The van der Waals surface area contributed by atoms with Gasteiger partial charge in [0, 0.05) is 47.7 Å². The van der Waals surface area contributed by atoms with Gasteiger partial charge >= 0.3 is 0 Å². The monoisotopic (exact) mass is 861 g/mol. The van der Waals surface area contributed by atoms with E-state index in [1.807, 2.05) is 11.3 Å². The second-order valence-corrected chi connectivity index (χ2v) is 20.2. The number of thiophene rings is 1. The molecule has 13 rings (SSSR count). The fourth-order valence-electron chi connectivity index (χ4n) is 11.8. The molecule has 0 spiro atoms. The number of para-hydroxylation sites is 3. The molecular weight excluding hydrogens is 815 g/mol. The maximum atomic E-state index is 2.57. The average Bonchev–Trinajstić information content (AvgIpc) is 3.95. The minimum absolute atomic E-state index is 0.124. The van der Waals surface area contributed by atoms with Crippen molar-refractivity contribution < 1.29 is 0 Å². The van der Waals surface area contributed by atoms with Gasteiger partial charge in [-0.3, -0.25) is 0 Å². The number of hydrogen-bond donors (Lipinski definition) is 0. The summed E-state index contributed by atoms with van der Waals surface area (Å²) in [6.45, 7) is 9.55. The lowest BCUT2D eigenvalue weighted by molar-refractivity contribution is 0.660. The Morgan fingerprint density at radius 2 is 0.848 bits per heavy atom. The molecule has 314 valence electrons. The number of fused-ring (bicyclic) bond motifs is 11. The third-order valence-electron chi connectivity index (χ3n) is 14.9. The molecule has 11 aromatic rings. The summed E-state index contributed by atoms with van der Waals surface area (Å²) in [6, 6.07) is 79.6. The lowest BCUT2D eigenvalue weighted by atomic mass is 9.78. The van der Waals surface area contributed by atoms with Gasteiger partial charge in [-0.25, -0.2) is 0 Å². The maximum absolute atomic E-state index is 2.57. The minimum Gasteiger partial charge on any atom is -0.309 e. The van der Waals surface area contributed by atoms with Gasteiger partial charge in [0.15, 0.2) is 0 Å². The summed E-state index contributed by atoms with van der Waals surface area (Å²) >= 11 is 1.90. The van der Waals surface area contributed by atoms with E-state index in [-0.39, 0.29) is 10.8 Å². The van der Waals surface area contributed by atoms with Gasteiger partial charge in [-0.1, -0.05) is 210 Å². The molecule has 0 bridgehead atoms. The van der Waals surface area contributed by atoms with Crippen molar-refractivity contribution in [2.24, 2.45) is 0 Å². The van der Waals surface area contributed by atoms with E-state index < -0.39 is 0 Å². The van der Waals surface area contributed by atoms with Crippen LogP contribution in [0.4, 0.5) is 17.1 Å². The minimum atomic E-state index is -0.190. The molecule has 0 unspecified atom stereocenters. The highest BCUT2D eigenvalue weighted by atomic mass is 32.1. The van der Waals surface area contributed by atoms with Crippen molar-refractivity contribution in [3.05, 3.63) is 235 Å². The highest BCUT2D eigenvalue weighted by molar-refractivity contribution is 7.26. The largest absolute Gasteiger partial charge is 0.309 e. The van der Waals surface area contributed by atoms with E-state index in [0.717, 1.165) is 17.1 Å². The second kappa shape index (κ2) is 14.5. The Morgan fingerprint density at radius 3 is 1.58 bits per heavy atom. The van der Waals surface area contributed by atoms with Crippen LogP contribution >= 0.6 is 11.3 Å². The van der Waals surface area contributed by atoms with Gasteiger partial charge in [0.1, 0.15) is 0 Å². The second-order valence-electron chi connectivity index (χ2n) is 19.2. The Hall–Kier alpha value is -7.52. The van der Waals surface area contributed by atoms with Crippen LogP contribution in [0.25, 0.3) is 86.6 Å². The molecule has 0 radical (unpaired) electrons. The first-order valence-corrected chi connectivity index (χ1v) is 24.0. The van der Waals surface area contributed by atoms with Gasteiger partial charge in [-0.05, 0) is 102 Å². The molecule has 2 aliphatic rings. The van der Waals surface area contributed by atoms with Crippen molar-refractivity contribution in [2.45, 2.75) is 38.5 Å². The molecular formula is C64H47NS. The molecule has 2 heteroatoms. The van der Waals surface area contributed by atoms with Crippen LogP contribution in [0.15, 0.2) is 212 Å². The van der Waals surface area contributed by atoms with E-state index in [2.05, 4.69) is 245 Å². The first kappa shape index (κ1) is 38.9. The Bertz CT molecular complexity index is 3790. The van der Waals surface area contributed by atoms with Gasteiger partial charge in [0.25, 0.3) is 0 Å². The quantitative estimate of drug-likeness (QED) is 0.161. The van der Waals surface area contributed by atoms with Crippen molar-refractivity contribution in [3.63, 3.8) is 0 Å². The number of rotatable bonds is 6. The zero-order chi connectivity index (χ0) is 44.3. The van der Waals surface area contributed by atoms with Crippen LogP contribution in [-0.2, 0) is 10.8 Å². The predicted octanol–water partition coefficient (Wildman–Crippen LogP) is 18.3. The Labute approximate surface area is 390 Å². The van der Waals surface area contributed by atoms with E-state index in [4.69, 9.17) is 0 Å². The van der Waals surface area contributed by atoms with Crippen LogP contribution in [0.3, 0.4) is 0 Å². The molecule has 1 nitrogen and oxygen atoms in total. The van der Waals surface area contributed by atoms with Gasteiger partial charge < -0.3 is 4.90 Å². The van der Waals surface area contributed by atoms with Crippen molar-refractivity contribution >= 4 is 59.3 Å². The van der Waals surface area contributed by atoms with Gasteiger partial charge in [0.2, 0.25) is 0 Å². The molecule has 1 heterocycles. The average molecular weight is 862 g/mol. The topological polar surface area (TPSA) is 3.24 Å². The number of hydrogen-bond acceptors (Lipinski definition) is 2. The van der Waals surface area contributed by atoms with E-state index in [0.29, 0.717) is 0 Å². The van der Waals surface area contributed by atoms with Crippen LogP contribution in [0, 0.1) is 0 Å². The highest BCUT2D eigenvalue weighted by Crippen LogP contribution is 2.56. The Balaban J connectivity index is 1.08. The zero-order valence-corrected chi connectivity index (χ0v) is 38.4. The standard InChI is InChI=1S/C64H47NS/c1-63(2)53-29-12-7-22-44(53)46-37-36-41(39-55(46)63)42-20-9-14-31-56(42)65(58-33-16-11-25-48(58)51-28-17-27-50-45-23-8-13-30-54(45)64(3,4)61(50)51)57-32-15-10-24-47(57)49-26-18-34-59-60(49)52-38-35-40-19-5-6-21-43(40)62(52)66-59/h5-39H,1-4H3. The summed E-state index contributed by atoms with van der Waals surface area (Å²) in [6.07, 6.45) is 0. The first-order chi connectivity index (χ1) is 32.3. The Morgan fingerprint density at radius 1 is 0.348 bits per heavy atom. The SMILES string of the molecule is CC1(C)c2ccccc2-c2ccc(-c3ccccc3N(c3ccccc3-c3cccc4c3C(C)(C)c3ccccc3-4)c3ccccc3-c3cccc4sc5c6ccccc6ccc5c34)cc21. The van der Waals surface area contributed by atoms with E-state index in [1.165, 1.54) is 109 Å². The van der Waals surface area contributed by atoms with Crippen LogP contribution in [0.1, 0.15) is 49.9 Å². The van der Waals surface area contributed by atoms with Crippen molar-refractivity contribution in [2.75, 3.05) is 4.90 Å². The smallest absolute Gasteiger partial charge is 0.0540 e. The molecule has 2 aliphatic carbocycles. The molecule has 1 aromatic heterocycles. The summed E-state index contributed by atoms with van der Waals surface area (Å²) in [5, 5.41) is 5.18. The van der Waals surface area contributed by atoms with Crippen LogP contribution in [0.2, 0.25) is 0 Å². The first-order valence-electron chi connectivity index (χ1n) is 23.2. The number of anilines is 3. The number of nitrogens with zero attached hydrogens (tertiary/aromatic N) is 1. The normalized spacial score (nSPS) is 14.0. The van der Waals surface area contributed by atoms with E-state index >= 15 is 0 Å². The molecule has 0 amide bonds. The van der Waals surface area contributed by atoms with Crippen LogP contribution in [0.5, 0.6) is 0 Å². The molecule has 0 atom stereocenters. The van der Waals surface area contributed by atoms with Crippen molar-refractivity contribution in [1.29, 1.82) is 0 Å². The summed E-state index contributed by atoms with van der Waals surface area (Å²) in [5.74, 6) is 0. The summed E-state index contributed by atoms with van der Waals surface area (Å²) in [7, 11) is 0. The molecule has 0 aliphatic heterocycles. The lowest BCUT2D eigenvalue weighted by Gasteiger charge is -2.33. The molecule has 66 heavy (non-hydrogen) atoms. The van der Waals surface area contributed by atoms with Crippen molar-refractivity contribution in [1.82, 2.24) is 0 Å². The predicted molar refractivity (Wildman–Crippen MR) is 283 cm³/mol. The third kappa shape index (κ3) is 5.58. The van der Waals surface area contributed by atoms with E-state index in [9.17, 15) is 0 Å². The van der Waals surface area contributed by atoms with Gasteiger partial charge in [-0.2, -0.15) is 0 Å². The third-order valence-corrected chi connectivity index (χ3v) is 16.1. The fourth-order valence-corrected chi connectivity index (χ4v) is 13.1. The maximum Gasteiger partial charge on any atom is 0.0540 e. The summed E-state index contributed by atoms with van der Waals surface area (Å²) in [5.41, 5.74) is 21.2. The zero-order valence-electron chi connectivity index (χ0n) is 37.6. The lowest BCUT2D eigenvalue weighted by Crippen LogP contribution is -2.17.